The molecule has 1 aromatic heterocycles. The lowest BCUT2D eigenvalue weighted by molar-refractivity contribution is 0.0688. The molecular formula is C15H15IN2O2. The van der Waals surface area contributed by atoms with Crippen molar-refractivity contribution in [2.24, 2.45) is 0 Å². The largest absolute Gasteiger partial charge is 0.476 e. The molecule has 104 valence electrons. The number of para-hydroxylation sites is 1. The molecule has 1 aliphatic carbocycles. The predicted octanol–water partition coefficient (Wildman–Crippen LogP) is 3.44. The molecule has 0 saturated carbocycles. The van der Waals surface area contributed by atoms with Crippen LogP contribution in [-0.2, 0) is 12.8 Å². The van der Waals surface area contributed by atoms with E-state index in [0.29, 0.717) is 0 Å². The van der Waals surface area contributed by atoms with Crippen LogP contribution in [-0.4, -0.2) is 20.9 Å². The van der Waals surface area contributed by atoms with Gasteiger partial charge in [-0.3, -0.25) is 0 Å². The Kier molecular flexibility index (Phi) is 3.78. The van der Waals surface area contributed by atoms with Crippen molar-refractivity contribution in [3.8, 4) is 5.69 Å². The van der Waals surface area contributed by atoms with Crippen LogP contribution >= 0.6 is 22.6 Å². The zero-order chi connectivity index (χ0) is 14.1. The highest BCUT2D eigenvalue weighted by molar-refractivity contribution is 14.1. The number of carboxylic acids is 1. The van der Waals surface area contributed by atoms with Crippen LogP contribution in [0.15, 0.2) is 24.3 Å². The molecule has 2 aromatic rings. The SMILES string of the molecule is O=C(O)c1nn(-c2ccccc2I)c2c1CCCCC2. The van der Waals surface area contributed by atoms with Crippen LogP contribution in [0.3, 0.4) is 0 Å². The molecule has 3 rings (SSSR count). The van der Waals surface area contributed by atoms with Gasteiger partial charge in [0.25, 0.3) is 0 Å². The first-order chi connectivity index (χ1) is 9.68. The van der Waals surface area contributed by atoms with E-state index in [4.69, 9.17) is 0 Å². The van der Waals surface area contributed by atoms with Gasteiger partial charge >= 0.3 is 5.97 Å². The maximum absolute atomic E-state index is 11.4. The van der Waals surface area contributed by atoms with Crippen molar-refractivity contribution in [1.29, 1.82) is 0 Å². The van der Waals surface area contributed by atoms with E-state index in [2.05, 4.69) is 27.7 Å². The lowest BCUT2D eigenvalue weighted by Gasteiger charge is -2.09. The highest BCUT2D eigenvalue weighted by atomic mass is 127. The Hall–Kier alpha value is -1.37. The molecule has 0 saturated heterocycles. The summed E-state index contributed by atoms with van der Waals surface area (Å²) < 4.78 is 2.92. The molecule has 20 heavy (non-hydrogen) atoms. The van der Waals surface area contributed by atoms with E-state index >= 15 is 0 Å². The second-order valence-electron chi connectivity index (χ2n) is 5.00. The maximum Gasteiger partial charge on any atom is 0.356 e. The van der Waals surface area contributed by atoms with Gasteiger partial charge in [0.15, 0.2) is 5.69 Å². The van der Waals surface area contributed by atoms with Gasteiger partial charge in [-0.25, -0.2) is 9.48 Å². The van der Waals surface area contributed by atoms with E-state index in [9.17, 15) is 9.90 Å². The van der Waals surface area contributed by atoms with Crippen molar-refractivity contribution in [1.82, 2.24) is 9.78 Å². The van der Waals surface area contributed by atoms with Crippen LogP contribution in [0.1, 0.15) is 41.0 Å². The number of aromatic nitrogens is 2. The summed E-state index contributed by atoms with van der Waals surface area (Å²) in [6, 6.07) is 7.95. The quantitative estimate of drug-likeness (QED) is 0.640. The molecule has 0 unspecified atom stereocenters. The highest BCUT2D eigenvalue weighted by Gasteiger charge is 2.24. The monoisotopic (exact) mass is 382 g/mol. The van der Waals surface area contributed by atoms with E-state index in [1.54, 1.807) is 0 Å². The van der Waals surface area contributed by atoms with Crippen LogP contribution in [0.2, 0.25) is 0 Å². The molecule has 0 amide bonds. The molecule has 1 N–H and O–H groups in total. The van der Waals surface area contributed by atoms with Gasteiger partial charge in [0.1, 0.15) is 0 Å². The minimum absolute atomic E-state index is 0.224. The van der Waals surface area contributed by atoms with Crippen LogP contribution in [0.5, 0.6) is 0 Å². The molecule has 0 atom stereocenters. The maximum atomic E-state index is 11.4. The highest BCUT2D eigenvalue weighted by Crippen LogP contribution is 2.28. The third kappa shape index (κ3) is 2.34. The van der Waals surface area contributed by atoms with Gasteiger partial charge in [-0.15, -0.1) is 0 Å². The topological polar surface area (TPSA) is 55.1 Å². The first-order valence-electron chi connectivity index (χ1n) is 6.77. The third-order valence-electron chi connectivity index (χ3n) is 3.71. The van der Waals surface area contributed by atoms with Gasteiger partial charge < -0.3 is 5.11 Å². The summed E-state index contributed by atoms with van der Waals surface area (Å²) in [6.45, 7) is 0. The number of hydrogen-bond acceptors (Lipinski definition) is 2. The van der Waals surface area contributed by atoms with Gasteiger partial charge in [0.2, 0.25) is 0 Å². The van der Waals surface area contributed by atoms with Crippen LogP contribution in [0, 0.1) is 3.57 Å². The van der Waals surface area contributed by atoms with Crippen LogP contribution in [0.25, 0.3) is 5.69 Å². The van der Waals surface area contributed by atoms with Crippen molar-refractivity contribution in [3.63, 3.8) is 0 Å². The number of benzene rings is 1. The number of hydrogen-bond donors (Lipinski definition) is 1. The lowest BCUT2D eigenvalue weighted by atomic mass is 10.1. The van der Waals surface area contributed by atoms with E-state index in [0.717, 1.165) is 52.6 Å². The molecule has 0 fully saturated rings. The molecule has 4 nitrogen and oxygen atoms in total. The van der Waals surface area contributed by atoms with Crippen molar-refractivity contribution in [2.45, 2.75) is 32.1 Å². The van der Waals surface area contributed by atoms with Gasteiger partial charge in [-0.05, 0) is 60.4 Å². The van der Waals surface area contributed by atoms with E-state index in [1.165, 1.54) is 0 Å². The van der Waals surface area contributed by atoms with E-state index in [-0.39, 0.29) is 5.69 Å². The first-order valence-corrected chi connectivity index (χ1v) is 7.85. The Balaban J connectivity index is 2.21. The fourth-order valence-electron chi connectivity index (χ4n) is 2.77. The molecular weight excluding hydrogens is 367 g/mol. The van der Waals surface area contributed by atoms with E-state index < -0.39 is 5.97 Å². The molecule has 0 bridgehead atoms. The summed E-state index contributed by atoms with van der Waals surface area (Å²) in [4.78, 5) is 11.4. The molecule has 0 spiro atoms. The zero-order valence-electron chi connectivity index (χ0n) is 11.0. The Morgan fingerprint density at radius 3 is 2.70 bits per heavy atom. The predicted molar refractivity (Wildman–Crippen MR) is 84.5 cm³/mol. The average Bonchev–Trinajstić information content (AvgIpc) is 2.63. The normalized spacial score (nSPS) is 14.7. The van der Waals surface area contributed by atoms with Crippen molar-refractivity contribution in [3.05, 3.63) is 44.8 Å². The smallest absolute Gasteiger partial charge is 0.356 e. The average molecular weight is 382 g/mol. The fraction of sp³-hybridized carbons (Fsp3) is 0.333. The number of carboxylic acid groups (broad SMARTS) is 1. The van der Waals surface area contributed by atoms with Gasteiger partial charge in [0, 0.05) is 14.8 Å². The zero-order valence-corrected chi connectivity index (χ0v) is 13.1. The van der Waals surface area contributed by atoms with Crippen LogP contribution in [0.4, 0.5) is 0 Å². The van der Waals surface area contributed by atoms with Crippen molar-refractivity contribution < 1.29 is 9.90 Å². The van der Waals surface area contributed by atoms with Crippen LogP contribution < -0.4 is 0 Å². The lowest BCUT2D eigenvalue weighted by Crippen LogP contribution is -2.05. The molecule has 5 heteroatoms. The summed E-state index contributed by atoms with van der Waals surface area (Å²) in [5.74, 6) is -0.923. The second-order valence-corrected chi connectivity index (χ2v) is 6.17. The number of rotatable bonds is 2. The Morgan fingerprint density at radius 2 is 1.95 bits per heavy atom. The number of halogens is 1. The minimum Gasteiger partial charge on any atom is -0.476 e. The summed E-state index contributed by atoms with van der Waals surface area (Å²) in [6.07, 6.45) is 5.02. The molecule has 1 aliphatic rings. The van der Waals surface area contributed by atoms with Crippen molar-refractivity contribution >= 4 is 28.6 Å². The third-order valence-corrected chi connectivity index (χ3v) is 4.63. The molecule has 1 aromatic carbocycles. The number of fused-ring (bicyclic) bond motifs is 1. The summed E-state index contributed by atoms with van der Waals surface area (Å²) in [5.41, 5.74) is 3.19. The van der Waals surface area contributed by atoms with Gasteiger partial charge in [-0.2, -0.15) is 5.10 Å². The first kappa shape index (κ1) is 13.6. The second kappa shape index (κ2) is 5.55. The van der Waals surface area contributed by atoms with E-state index in [1.807, 2.05) is 28.9 Å². The van der Waals surface area contributed by atoms with Crippen molar-refractivity contribution in [2.75, 3.05) is 0 Å². The summed E-state index contributed by atoms with van der Waals surface area (Å²) in [5, 5.41) is 13.8. The molecule has 0 radical (unpaired) electrons. The summed E-state index contributed by atoms with van der Waals surface area (Å²) in [7, 11) is 0. The van der Waals surface area contributed by atoms with Gasteiger partial charge in [0.05, 0.1) is 5.69 Å². The minimum atomic E-state index is -0.923. The summed E-state index contributed by atoms with van der Waals surface area (Å²) >= 11 is 2.27. The number of carbonyl (C=O) groups is 1. The Bertz CT molecular complexity index is 664. The van der Waals surface area contributed by atoms with Gasteiger partial charge in [-0.1, -0.05) is 18.6 Å². The molecule has 0 aliphatic heterocycles. The number of aromatic carboxylic acids is 1. The standard InChI is InChI=1S/C15H15IN2O2/c16-11-7-4-5-9-13(11)18-12-8-3-1-2-6-10(12)14(17-18)15(19)20/h4-5,7,9H,1-3,6,8H2,(H,19,20). The fourth-order valence-corrected chi connectivity index (χ4v) is 3.39. The Morgan fingerprint density at radius 1 is 1.20 bits per heavy atom. The number of nitrogens with zero attached hydrogens (tertiary/aromatic N) is 2. The Labute approximate surface area is 130 Å². The molecule has 1 heterocycles.